The second-order valence-corrected chi connectivity index (χ2v) is 17.0. The third-order valence-electron chi connectivity index (χ3n) is 9.81. The van der Waals surface area contributed by atoms with Gasteiger partial charge in [0.25, 0.3) is 0 Å². The van der Waals surface area contributed by atoms with Gasteiger partial charge in [0.05, 0.1) is 19.8 Å². The van der Waals surface area contributed by atoms with Crippen molar-refractivity contribution in [2.75, 3.05) is 33.0 Å². The summed E-state index contributed by atoms with van der Waals surface area (Å²) in [7, 11) is -4.29. The first-order chi connectivity index (χ1) is 29.4. The number of carbonyl (C=O) groups is 1. The molecule has 9 heteroatoms. The molecule has 8 nitrogen and oxygen atoms in total. The molecule has 0 aromatic carbocycles. The Morgan fingerprint density at radius 1 is 0.500 bits per heavy atom. The summed E-state index contributed by atoms with van der Waals surface area (Å²) in [6.45, 7) is 4.66. The topological polar surface area (TPSA) is 117 Å². The predicted molar refractivity (Wildman–Crippen MR) is 256 cm³/mol. The third-order valence-corrected chi connectivity index (χ3v) is 10.8. The van der Waals surface area contributed by atoms with Crippen molar-refractivity contribution < 1.29 is 32.8 Å². The molecule has 0 rings (SSSR count). The predicted octanol–water partition coefficient (Wildman–Crippen LogP) is 14.9. The molecular weight excluding hydrogens is 770 g/mol. The number of unbranched alkanes of at least 4 members (excludes halogenated alkanes) is 18. The van der Waals surface area contributed by atoms with E-state index in [9.17, 15) is 14.3 Å². The minimum absolute atomic E-state index is 0.0938. The second kappa shape index (κ2) is 47.7. The number of allylic oxidation sites excluding steroid dienone is 14. The number of carbonyl (C=O) groups excluding carboxylic acids is 1. The lowest BCUT2D eigenvalue weighted by Gasteiger charge is -2.20. The Labute approximate surface area is 368 Å². The maximum absolute atomic E-state index is 12.6. The highest BCUT2D eigenvalue weighted by atomic mass is 31.2. The molecule has 346 valence electrons. The number of hydrogen-bond acceptors (Lipinski definition) is 7. The van der Waals surface area contributed by atoms with Gasteiger partial charge in [-0.25, -0.2) is 4.57 Å². The van der Waals surface area contributed by atoms with Crippen molar-refractivity contribution in [1.29, 1.82) is 0 Å². The minimum atomic E-state index is -4.29. The molecule has 0 spiro atoms. The van der Waals surface area contributed by atoms with E-state index in [1.165, 1.54) is 83.5 Å². The first kappa shape index (κ1) is 57.7. The minimum Gasteiger partial charge on any atom is -0.457 e. The van der Waals surface area contributed by atoms with Gasteiger partial charge in [-0.1, -0.05) is 189 Å². The van der Waals surface area contributed by atoms with Crippen LogP contribution < -0.4 is 5.73 Å². The molecular formula is C51H90NO7P. The summed E-state index contributed by atoms with van der Waals surface area (Å²) in [6, 6.07) is 0. The van der Waals surface area contributed by atoms with Crippen LogP contribution in [0.25, 0.3) is 0 Å². The Balaban J connectivity index is 3.97. The highest BCUT2D eigenvalue weighted by Gasteiger charge is 2.25. The lowest BCUT2D eigenvalue weighted by molar-refractivity contribution is -0.154. The first-order valence-electron chi connectivity index (χ1n) is 24.1. The van der Waals surface area contributed by atoms with E-state index in [1.54, 1.807) is 0 Å². The number of phosphoric acid groups is 1. The fourth-order valence-electron chi connectivity index (χ4n) is 6.36. The highest BCUT2D eigenvalue weighted by molar-refractivity contribution is 7.47. The van der Waals surface area contributed by atoms with Gasteiger partial charge in [0.15, 0.2) is 0 Å². The van der Waals surface area contributed by atoms with Crippen molar-refractivity contribution in [1.82, 2.24) is 0 Å². The molecule has 0 aliphatic rings. The summed E-state index contributed by atoms with van der Waals surface area (Å²) in [6.07, 6.45) is 61.8. The van der Waals surface area contributed by atoms with Crippen LogP contribution in [0.3, 0.4) is 0 Å². The molecule has 0 saturated carbocycles. The molecule has 60 heavy (non-hydrogen) atoms. The Bertz CT molecular complexity index is 1190. The summed E-state index contributed by atoms with van der Waals surface area (Å²) >= 11 is 0. The number of rotatable bonds is 45. The molecule has 2 atom stereocenters. The highest BCUT2D eigenvalue weighted by Crippen LogP contribution is 2.43. The lowest BCUT2D eigenvalue weighted by atomic mass is 10.0. The average molecular weight is 860 g/mol. The van der Waals surface area contributed by atoms with Crippen LogP contribution >= 0.6 is 7.82 Å². The van der Waals surface area contributed by atoms with Crippen LogP contribution in [-0.2, 0) is 27.9 Å². The average Bonchev–Trinajstić information content (AvgIpc) is 3.24. The molecule has 0 heterocycles. The Hall–Kier alpha value is -2.32. The van der Waals surface area contributed by atoms with Crippen molar-refractivity contribution in [3.63, 3.8) is 0 Å². The monoisotopic (exact) mass is 860 g/mol. The molecule has 0 aliphatic heterocycles. The molecule has 0 aliphatic carbocycles. The molecule has 0 aromatic heterocycles. The SMILES string of the molecule is CC/C=C\C/C=C\C/C=C\C/C=C\CCCCCCCCCCCCCCC(=O)OC(COCCCCCCCC/C=C\C/C=C\C/C=C\CC)COP(=O)(O)OCCN. The van der Waals surface area contributed by atoms with E-state index in [1.807, 2.05) is 0 Å². The fraction of sp³-hybridized carbons (Fsp3) is 0.706. The van der Waals surface area contributed by atoms with Crippen LogP contribution in [0.1, 0.15) is 194 Å². The summed E-state index contributed by atoms with van der Waals surface area (Å²) in [5.41, 5.74) is 5.38. The van der Waals surface area contributed by atoms with E-state index in [0.29, 0.717) is 13.0 Å². The standard InChI is InChI=1S/C51H90NO7P/c1-3-5-7-9-11-13-15-17-19-21-22-23-24-25-26-27-28-29-30-32-34-36-38-40-42-44-51(53)59-50(49-58-60(54,55)57-47-45-52)48-56-46-43-41-39-37-35-33-31-20-18-16-14-12-10-8-6-4-2/h5-8,11-14,17-20,22-23,50H,3-4,9-10,15-16,21,24-49,52H2,1-2H3,(H,54,55)/b7-5-,8-6-,13-11-,14-12-,19-17-,20-18-,23-22-. The summed E-state index contributed by atoms with van der Waals surface area (Å²) in [5, 5.41) is 0. The summed E-state index contributed by atoms with van der Waals surface area (Å²) < 4.78 is 33.5. The van der Waals surface area contributed by atoms with Crippen LogP contribution in [0.4, 0.5) is 0 Å². The number of nitrogens with two attached hydrogens (primary N) is 1. The number of hydrogen-bond donors (Lipinski definition) is 2. The van der Waals surface area contributed by atoms with Gasteiger partial charge in [-0.15, -0.1) is 0 Å². The van der Waals surface area contributed by atoms with Crippen molar-refractivity contribution >= 4 is 13.8 Å². The van der Waals surface area contributed by atoms with E-state index < -0.39 is 13.9 Å². The maximum atomic E-state index is 12.6. The molecule has 0 amide bonds. The number of esters is 1. The van der Waals surface area contributed by atoms with Crippen LogP contribution in [0, 0.1) is 0 Å². The zero-order chi connectivity index (χ0) is 43.7. The Morgan fingerprint density at radius 3 is 1.32 bits per heavy atom. The van der Waals surface area contributed by atoms with E-state index in [0.717, 1.165) is 89.9 Å². The van der Waals surface area contributed by atoms with Crippen LogP contribution in [-0.4, -0.2) is 49.9 Å². The number of phosphoric ester groups is 1. The molecule has 2 unspecified atom stereocenters. The van der Waals surface area contributed by atoms with Crippen LogP contribution in [0.15, 0.2) is 85.1 Å². The van der Waals surface area contributed by atoms with E-state index in [2.05, 4.69) is 98.9 Å². The van der Waals surface area contributed by atoms with Crippen molar-refractivity contribution in [3.8, 4) is 0 Å². The third kappa shape index (κ3) is 46.7. The molecule has 0 aromatic rings. The van der Waals surface area contributed by atoms with Gasteiger partial charge in [-0.05, 0) is 83.5 Å². The zero-order valence-corrected chi connectivity index (χ0v) is 39.3. The molecule has 0 bridgehead atoms. The lowest BCUT2D eigenvalue weighted by Crippen LogP contribution is -2.28. The number of ether oxygens (including phenoxy) is 2. The van der Waals surface area contributed by atoms with Gasteiger partial charge < -0.3 is 20.1 Å². The fourth-order valence-corrected chi connectivity index (χ4v) is 7.12. The van der Waals surface area contributed by atoms with Gasteiger partial charge in [0, 0.05) is 19.6 Å². The second-order valence-electron chi connectivity index (χ2n) is 15.6. The van der Waals surface area contributed by atoms with Crippen molar-refractivity contribution in [2.24, 2.45) is 5.73 Å². The smallest absolute Gasteiger partial charge is 0.457 e. The molecule has 0 radical (unpaired) electrons. The summed E-state index contributed by atoms with van der Waals surface area (Å²) in [5.74, 6) is -0.340. The molecule has 3 N–H and O–H groups in total. The largest absolute Gasteiger partial charge is 0.472 e. The Kier molecular flexibility index (Phi) is 45.9. The van der Waals surface area contributed by atoms with Crippen LogP contribution in [0.5, 0.6) is 0 Å². The maximum Gasteiger partial charge on any atom is 0.472 e. The molecule has 0 fully saturated rings. The van der Waals surface area contributed by atoms with Crippen molar-refractivity contribution in [2.45, 2.75) is 200 Å². The van der Waals surface area contributed by atoms with E-state index in [4.69, 9.17) is 24.3 Å². The van der Waals surface area contributed by atoms with Gasteiger partial charge in [0.1, 0.15) is 6.10 Å². The zero-order valence-electron chi connectivity index (χ0n) is 38.4. The van der Waals surface area contributed by atoms with Gasteiger partial charge in [-0.3, -0.25) is 13.8 Å². The van der Waals surface area contributed by atoms with E-state index in [-0.39, 0.29) is 32.3 Å². The van der Waals surface area contributed by atoms with Crippen LogP contribution in [0.2, 0.25) is 0 Å². The molecule has 0 saturated heterocycles. The van der Waals surface area contributed by atoms with Gasteiger partial charge in [0.2, 0.25) is 0 Å². The van der Waals surface area contributed by atoms with E-state index >= 15 is 0 Å². The normalized spacial score (nSPS) is 14.1. The van der Waals surface area contributed by atoms with Gasteiger partial charge in [-0.2, -0.15) is 0 Å². The summed E-state index contributed by atoms with van der Waals surface area (Å²) in [4.78, 5) is 22.6. The van der Waals surface area contributed by atoms with Crippen molar-refractivity contribution in [3.05, 3.63) is 85.1 Å². The quantitative estimate of drug-likeness (QED) is 0.0269. The Morgan fingerprint density at radius 2 is 0.883 bits per heavy atom. The van der Waals surface area contributed by atoms with Gasteiger partial charge >= 0.3 is 13.8 Å². The first-order valence-corrected chi connectivity index (χ1v) is 25.6.